The van der Waals surface area contributed by atoms with E-state index >= 15 is 0 Å². The molecule has 0 amide bonds. The second-order valence-corrected chi connectivity index (χ2v) is 6.23. The van der Waals surface area contributed by atoms with E-state index in [4.69, 9.17) is 11.6 Å². The van der Waals surface area contributed by atoms with E-state index in [0.717, 1.165) is 11.6 Å². The van der Waals surface area contributed by atoms with Crippen LogP contribution in [0.4, 0.5) is 11.4 Å². The van der Waals surface area contributed by atoms with Crippen molar-refractivity contribution in [1.82, 2.24) is 0 Å². The van der Waals surface area contributed by atoms with Gasteiger partial charge in [-0.15, -0.1) is 11.3 Å². The van der Waals surface area contributed by atoms with Crippen LogP contribution in [0.15, 0.2) is 35.7 Å². The molecular formula is C15H17ClN2S. The van der Waals surface area contributed by atoms with Gasteiger partial charge in [0, 0.05) is 29.9 Å². The Kier molecular flexibility index (Phi) is 3.95. The summed E-state index contributed by atoms with van der Waals surface area (Å²) in [7, 11) is 0. The van der Waals surface area contributed by atoms with Gasteiger partial charge in [0.15, 0.2) is 0 Å². The van der Waals surface area contributed by atoms with Crippen LogP contribution >= 0.6 is 22.9 Å². The molecule has 0 unspecified atom stereocenters. The quantitative estimate of drug-likeness (QED) is 0.885. The summed E-state index contributed by atoms with van der Waals surface area (Å²) < 4.78 is 0. The molecule has 0 radical (unpaired) electrons. The van der Waals surface area contributed by atoms with Crippen LogP contribution in [0.5, 0.6) is 0 Å². The minimum atomic E-state index is 0.828. The summed E-state index contributed by atoms with van der Waals surface area (Å²) in [4.78, 5) is 3.73. The third kappa shape index (κ3) is 3.04. The first-order valence-electron chi connectivity index (χ1n) is 6.64. The number of nitrogens with one attached hydrogen (secondary N) is 1. The second kappa shape index (κ2) is 5.85. The maximum Gasteiger partial charge on any atom is 0.0602 e. The molecule has 2 heterocycles. The minimum absolute atomic E-state index is 0.828. The van der Waals surface area contributed by atoms with E-state index in [0.29, 0.717) is 0 Å². The SMILES string of the molecule is Clc1csc(CNc2ccccc2N2CCCC2)c1. The molecule has 4 heteroatoms. The molecule has 1 fully saturated rings. The largest absolute Gasteiger partial charge is 0.378 e. The van der Waals surface area contributed by atoms with Gasteiger partial charge in [0.1, 0.15) is 0 Å². The van der Waals surface area contributed by atoms with Crippen molar-refractivity contribution in [2.75, 3.05) is 23.3 Å². The van der Waals surface area contributed by atoms with Gasteiger partial charge in [-0.2, -0.15) is 0 Å². The molecule has 1 aromatic carbocycles. The average Bonchev–Trinajstić information content (AvgIpc) is 3.08. The van der Waals surface area contributed by atoms with Gasteiger partial charge < -0.3 is 10.2 Å². The number of thiophene rings is 1. The van der Waals surface area contributed by atoms with E-state index in [1.165, 1.54) is 42.2 Å². The molecule has 100 valence electrons. The molecule has 0 bridgehead atoms. The van der Waals surface area contributed by atoms with Crippen LogP contribution in [0.1, 0.15) is 17.7 Å². The summed E-state index contributed by atoms with van der Waals surface area (Å²) in [6.45, 7) is 3.18. The van der Waals surface area contributed by atoms with E-state index < -0.39 is 0 Å². The summed E-state index contributed by atoms with van der Waals surface area (Å²) in [6.07, 6.45) is 2.60. The number of benzene rings is 1. The normalized spacial score (nSPS) is 14.9. The highest BCUT2D eigenvalue weighted by Crippen LogP contribution is 2.29. The smallest absolute Gasteiger partial charge is 0.0602 e. The van der Waals surface area contributed by atoms with E-state index in [1.54, 1.807) is 11.3 Å². The van der Waals surface area contributed by atoms with E-state index in [9.17, 15) is 0 Å². The fourth-order valence-corrected chi connectivity index (χ4v) is 3.50. The van der Waals surface area contributed by atoms with Crippen molar-refractivity contribution in [2.24, 2.45) is 0 Å². The van der Waals surface area contributed by atoms with Crippen molar-refractivity contribution in [1.29, 1.82) is 0 Å². The van der Waals surface area contributed by atoms with Crippen LogP contribution in [0.25, 0.3) is 0 Å². The number of anilines is 2. The number of hydrogen-bond donors (Lipinski definition) is 1. The Balaban J connectivity index is 1.73. The molecule has 3 rings (SSSR count). The molecule has 2 nitrogen and oxygen atoms in total. The molecule has 1 aromatic heterocycles. The zero-order valence-electron chi connectivity index (χ0n) is 10.7. The zero-order valence-corrected chi connectivity index (χ0v) is 12.3. The molecule has 1 N–H and O–H groups in total. The minimum Gasteiger partial charge on any atom is -0.378 e. The Morgan fingerprint density at radius 2 is 2.00 bits per heavy atom. The van der Waals surface area contributed by atoms with Crippen LogP contribution in [-0.4, -0.2) is 13.1 Å². The van der Waals surface area contributed by atoms with Gasteiger partial charge in [-0.1, -0.05) is 23.7 Å². The Labute approximate surface area is 123 Å². The number of rotatable bonds is 4. The van der Waals surface area contributed by atoms with Crippen LogP contribution in [0, 0.1) is 0 Å². The van der Waals surface area contributed by atoms with Gasteiger partial charge in [0.05, 0.1) is 16.4 Å². The molecule has 0 saturated carbocycles. The number of nitrogens with zero attached hydrogens (tertiary/aromatic N) is 1. The lowest BCUT2D eigenvalue weighted by molar-refractivity contribution is 0.949. The first-order valence-corrected chi connectivity index (χ1v) is 7.89. The Morgan fingerprint density at radius 1 is 1.21 bits per heavy atom. The first-order chi connectivity index (χ1) is 9.33. The lowest BCUT2D eigenvalue weighted by Crippen LogP contribution is -2.19. The molecule has 0 atom stereocenters. The molecule has 1 aliphatic rings. The number of halogens is 1. The molecule has 1 aliphatic heterocycles. The van der Waals surface area contributed by atoms with E-state index in [1.807, 2.05) is 11.4 Å². The Hall–Kier alpha value is -1.19. The molecule has 2 aromatic rings. The summed E-state index contributed by atoms with van der Waals surface area (Å²) >= 11 is 7.65. The molecule has 1 saturated heterocycles. The first kappa shape index (κ1) is 12.8. The van der Waals surface area contributed by atoms with Crippen LogP contribution in [-0.2, 0) is 6.54 Å². The fourth-order valence-electron chi connectivity index (χ4n) is 2.49. The Morgan fingerprint density at radius 3 is 2.74 bits per heavy atom. The highest BCUT2D eigenvalue weighted by molar-refractivity contribution is 7.10. The molecule has 19 heavy (non-hydrogen) atoms. The average molecular weight is 293 g/mol. The van der Waals surface area contributed by atoms with Crippen molar-refractivity contribution in [3.05, 3.63) is 45.6 Å². The second-order valence-electron chi connectivity index (χ2n) is 4.80. The van der Waals surface area contributed by atoms with Crippen molar-refractivity contribution in [2.45, 2.75) is 19.4 Å². The van der Waals surface area contributed by atoms with Crippen LogP contribution in [0.3, 0.4) is 0 Å². The summed E-state index contributed by atoms with van der Waals surface area (Å²) in [5.74, 6) is 0. The highest BCUT2D eigenvalue weighted by Gasteiger charge is 2.15. The van der Waals surface area contributed by atoms with Gasteiger partial charge in [-0.25, -0.2) is 0 Å². The highest BCUT2D eigenvalue weighted by atomic mass is 35.5. The Bertz CT molecular complexity index is 547. The lowest BCUT2D eigenvalue weighted by atomic mass is 10.2. The van der Waals surface area contributed by atoms with Crippen LogP contribution in [0.2, 0.25) is 5.02 Å². The van der Waals surface area contributed by atoms with Gasteiger partial charge in [0.25, 0.3) is 0 Å². The topological polar surface area (TPSA) is 15.3 Å². The van der Waals surface area contributed by atoms with Crippen molar-refractivity contribution >= 4 is 34.3 Å². The van der Waals surface area contributed by atoms with E-state index in [-0.39, 0.29) is 0 Å². The van der Waals surface area contributed by atoms with Gasteiger partial charge in [-0.3, -0.25) is 0 Å². The lowest BCUT2D eigenvalue weighted by Gasteiger charge is -2.21. The molecular weight excluding hydrogens is 276 g/mol. The predicted octanol–water partition coefficient (Wildman–Crippen LogP) is 4.61. The van der Waals surface area contributed by atoms with Gasteiger partial charge in [0.2, 0.25) is 0 Å². The monoisotopic (exact) mass is 292 g/mol. The summed E-state index contributed by atoms with van der Waals surface area (Å²) in [6, 6.07) is 10.6. The third-order valence-corrected chi connectivity index (χ3v) is 4.71. The molecule has 0 aliphatic carbocycles. The van der Waals surface area contributed by atoms with Crippen molar-refractivity contribution < 1.29 is 0 Å². The predicted molar refractivity (Wildman–Crippen MR) is 84.5 cm³/mol. The number of hydrogen-bond acceptors (Lipinski definition) is 3. The summed E-state index contributed by atoms with van der Waals surface area (Å²) in [5.41, 5.74) is 2.54. The van der Waals surface area contributed by atoms with E-state index in [2.05, 4.69) is 34.5 Å². The standard InChI is InChI=1S/C15H17ClN2S/c16-12-9-13(19-11-12)10-17-14-5-1-2-6-15(14)18-7-3-4-8-18/h1-2,5-6,9,11,17H,3-4,7-8,10H2. The van der Waals surface area contributed by atoms with Gasteiger partial charge >= 0.3 is 0 Å². The maximum absolute atomic E-state index is 5.95. The zero-order chi connectivity index (χ0) is 13.1. The van der Waals surface area contributed by atoms with Crippen LogP contribution < -0.4 is 10.2 Å². The van der Waals surface area contributed by atoms with Gasteiger partial charge in [-0.05, 0) is 31.0 Å². The summed E-state index contributed by atoms with van der Waals surface area (Å²) in [5, 5.41) is 6.34. The van der Waals surface area contributed by atoms with Crippen molar-refractivity contribution in [3.8, 4) is 0 Å². The third-order valence-electron chi connectivity index (χ3n) is 3.43. The van der Waals surface area contributed by atoms with Crippen molar-refractivity contribution in [3.63, 3.8) is 0 Å². The molecule has 0 spiro atoms. The maximum atomic E-state index is 5.95. The number of para-hydroxylation sites is 2. The fraction of sp³-hybridized carbons (Fsp3) is 0.333.